The largest absolute Gasteiger partial charge is 0.497 e. The van der Waals surface area contributed by atoms with Crippen LogP contribution in [0.5, 0.6) is 17.2 Å². The highest BCUT2D eigenvalue weighted by Crippen LogP contribution is 2.55. The molecule has 0 radical (unpaired) electrons. The Hall–Kier alpha value is -4.24. The second-order valence-corrected chi connectivity index (χ2v) is 15.2. The Morgan fingerprint density at radius 3 is 2.29 bits per heavy atom. The second kappa shape index (κ2) is 14.4. The third-order valence-corrected chi connectivity index (χ3v) is 12.0. The van der Waals surface area contributed by atoms with E-state index in [0.717, 1.165) is 15.9 Å². The lowest BCUT2D eigenvalue weighted by Crippen LogP contribution is -2.62. The number of fused-ring (bicyclic) bond motifs is 1. The van der Waals surface area contributed by atoms with E-state index in [1.54, 1.807) is 25.1 Å². The zero-order valence-corrected chi connectivity index (χ0v) is 30.4. The lowest BCUT2D eigenvalue weighted by Gasteiger charge is -2.47. The molecule has 0 spiro atoms. The molecule has 0 aromatic heterocycles. The van der Waals surface area contributed by atoms with Gasteiger partial charge in [-0.05, 0) is 73.7 Å². The molecule has 14 heteroatoms. The molecule has 0 saturated carbocycles. The topological polar surface area (TPSA) is 129 Å². The fourth-order valence-electron chi connectivity index (χ4n) is 7.72. The van der Waals surface area contributed by atoms with E-state index in [2.05, 4.69) is 4.90 Å². The van der Waals surface area contributed by atoms with E-state index in [9.17, 15) is 18.3 Å². The van der Waals surface area contributed by atoms with Crippen molar-refractivity contribution >= 4 is 27.5 Å². The monoisotopic (exact) mass is 724 g/mol. The Morgan fingerprint density at radius 2 is 1.63 bits per heavy atom. The summed E-state index contributed by atoms with van der Waals surface area (Å²) in [7, 11) is 2.76. The van der Waals surface area contributed by atoms with Crippen molar-refractivity contribution in [1.29, 1.82) is 0 Å². The molecule has 12 nitrogen and oxygen atoms in total. The van der Waals surface area contributed by atoms with Crippen LogP contribution in [0.25, 0.3) is 0 Å². The molecule has 2 fully saturated rings. The van der Waals surface area contributed by atoms with Crippen LogP contribution in [0.4, 0.5) is 10.1 Å². The van der Waals surface area contributed by atoms with Crippen molar-refractivity contribution in [2.24, 2.45) is 0 Å². The minimum absolute atomic E-state index is 0.0432. The molecule has 51 heavy (non-hydrogen) atoms. The van der Waals surface area contributed by atoms with Gasteiger partial charge in [0.15, 0.2) is 5.54 Å². The van der Waals surface area contributed by atoms with Gasteiger partial charge in [0.05, 0.1) is 39.2 Å². The number of sulfonamides is 1. The third-order valence-electron chi connectivity index (χ3n) is 10.2. The molecule has 6 rings (SSSR count). The van der Waals surface area contributed by atoms with Crippen molar-refractivity contribution in [2.45, 2.75) is 61.2 Å². The van der Waals surface area contributed by atoms with E-state index in [1.807, 2.05) is 12.1 Å². The van der Waals surface area contributed by atoms with Crippen molar-refractivity contribution in [3.63, 3.8) is 0 Å². The SMILES string of the molecule is COc1ccc(S(=O)(=O)N2C(=O)C(c3cc(CN4CCC(O)CC4)ccc3OC)(N3CCCC[C@H]3C(=O)N(C)C)c3cc(F)ccc32)c(OC)c1. The molecule has 0 aliphatic carbocycles. The number of benzene rings is 3. The van der Waals surface area contributed by atoms with Crippen LogP contribution in [-0.4, -0.2) is 107 Å². The highest BCUT2D eigenvalue weighted by Gasteiger charge is 2.63. The summed E-state index contributed by atoms with van der Waals surface area (Å²) in [5.74, 6) is -1.26. The standard InChI is InChI=1S/C37H45FN4O8S/c1-39(2)35(44)31-8-6-7-17-41(31)37(29-20-24(9-13-32(29)49-4)23-40-18-15-26(43)16-19-40)28-21-25(38)10-12-30(28)42(36(37)45)51(46,47)34-14-11-27(48-3)22-33(34)50-5/h9-14,20-22,26,31,43H,6-8,15-19,23H2,1-5H3/t31-,37?/m0/s1. The lowest BCUT2D eigenvalue weighted by atomic mass is 9.78. The highest BCUT2D eigenvalue weighted by atomic mass is 32.2. The molecule has 1 N–H and O–H groups in total. The summed E-state index contributed by atoms with van der Waals surface area (Å²) in [6.45, 7) is 2.06. The molecule has 3 aliphatic heterocycles. The number of amides is 2. The molecule has 274 valence electrons. The normalized spacial score (nSPS) is 21.7. The number of likely N-dealkylation sites (N-methyl/N-ethyl adjacent to an activating group) is 1. The van der Waals surface area contributed by atoms with Crippen LogP contribution in [0.2, 0.25) is 0 Å². The van der Waals surface area contributed by atoms with Crippen molar-refractivity contribution in [3.05, 3.63) is 77.1 Å². The van der Waals surface area contributed by atoms with Gasteiger partial charge in [-0.1, -0.05) is 12.5 Å². The van der Waals surface area contributed by atoms with E-state index >= 15 is 9.18 Å². The van der Waals surface area contributed by atoms with E-state index in [1.165, 1.54) is 56.6 Å². The number of carbonyl (C=O) groups is 2. The van der Waals surface area contributed by atoms with Gasteiger partial charge in [-0.3, -0.25) is 19.4 Å². The van der Waals surface area contributed by atoms with Gasteiger partial charge in [0, 0.05) is 57.5 Å². The number of nitrogens with zero attached hydrogens (tertiary/aromatic N) is 4. The van der Waals surface area contributed by atoms with Gasteiger partial charge in [-0.15, -0.1) is 0 Å². The number of aliphatic hydroxyl groups is 1. The van der Waals surface area contributed by atoms with Crippen molar-refractivity contribution < 1.29 is 41.7 Å². The predicted octanol–water partition coefficient (Wildman–Crippen LogP) is 3.73. The number of ether oxygens (including phenoxy) is 3. The summed E-state index contributed by atoms with van der Waals surface area (Å²) in [5, 5.41) is 10.1. The first-order chi connectivity index (χ1) is 24.4. The summed E-state index contributed by atoms with van der Waals surface area (Å²) in [4.78, 5) is 34.7. The molecular weight excluding hydrogens is 679 g/mol. The first-order valence-corrected chi connectivity index (χ1v) is 18.5. The Morgan fingerprint density at radius 1 is 0.902 bits per heavy atom. The summed E-state index contributed by atoms with van der Waals surface area (Å²) < 4.78 is 62.7. The first kappa shape index (κ1) is 36.5. The van der Waals surface area contributed by atoms with Crippen LogP contribution < -0.4 is 18.5 Å². The Kier molecular flexibility index (Phi) is 10.3. The number of hydrogen-bond donors (Lipinski definition) is 1. The zero-order valence-electron chi connectivity index (χ0n) is 29.6. The quantitative estimate of drug-likeness (QED) is 0.331. The van der Waals surface area contributed by atoms with Crippen LogP contribution in [0.3, 0.4) is 0 Å². The first-order valence-electron chi connectivity index (χ1n) is 17.1. The minimum atomic E-state index is -4.73. The average molecular weight is 725 g/mol. The van der Waals surface area contributed by atoms with Gasteiger partial charge in [0.2, 0.25) is 5.91 Å². The molecule has 3 aromatic carbocycles. The van der Waals surface area contributed by atoms with Gasteiger partial charge in [0.25, 0.3) is 15.9 Å². The summed E-state index contributed by atoms with van der Waals surface area (Å²) in [6.07, 6.45) is 2.59. The van der Waals surface area contributed by atoms with Crippen LogP contribution in [-0.2, 0) is 31.7 Å². The van der Waals surface area contributed by atoms with E-state index in [0.29, 0.717) is 63.1 Å². The fraction of sp³-hybridized carbons (Fsp3) is 0.459. The van der Waals surface area contributed by atoms with Crippen LogP contribution >= 0.6 is 0 Å². The maximum absolute atomic E-state index is 15.7. The van der Waals surface area contributed by atoms with Gasteiger partial charge in [0.1, 0.15) is 28.0 Å². The number of piperidine rings is 2. The van der Waals surface area contributed by atoms with Gasteiger partial charge >= 0.3 is 0 Å². The van der Waals surface area contributed by atoms with E-state index in [-0.39, 0.29) is 46.2 Å². The minimum Gasteiger partial charge on any atom is -0.497 e. The molecule has 2 amide bonds. The smallest absolute Gasteiger partial charge is 0.274 e. The Balaban J connectivity index is 1.64. The second-order valence-electron chi connectivity index (χ2n) is 13.4. The maximum atomic E-state index is 15.7. The zero-order chi connectivity index (χ0) is 36.7. The van der Waals surface area contributed by atoms with Crippen molar-refractivity contribution in [3.8, 4) is 17.2 Å². The molecular formula is C37H45FN4O8S. The summed E-state index contributed by atoms with van der Waals surface area (Å²) in [5.41, 5.74) is -0.857. The number of methoxy groups -OCH3 is 3. The third kappa shape index (κ3) is 6.32. The highest BCUT2D eigenvalue weighted by molar-refractivity contribution is 7.93. The lowest BCUT2D eigenvalue weighted by molar-refractivity contribution is -0.142. The molecule has 3 heterocycles. The van der Waals surface area contributed by atoms with Crippen molar-refractivity contribution in [2.75, 3.05) is 59.4 Å². The number of hydrogen-bond acceptors (Lipinski definition) is 10. The van der Waals surface area contributed by atoms with Crippen molar-refractivity contribution in [1.82, 2.24) is 14.7 Å². The average Bonchev–Trinajstić information content (AvgIpc) is 3.39. The summed E-state index contributed by atoms with van der Waals surface area (Å²) in [6, 6.07) is 12.3. The van der Waals surface area contributed by atoms with Crippen LogP contribution in [0, 0.1) is 5.82 Å². The van der Waals surface area contributed by atoms with Gasteiger partial charge in [-0.25, -0.2) is 17.1 Å². The molecule has 0 bridgehead atoms. The number of halogens is 1. The number of carbonyl (C=O) groups excluding carboxylic acids is 2. The van der Waals surface area contributed by atoms with E-state index < -0.39 is 33.3 Å². The van der Waals surface area contributed by atoms with Crippen LogP contribution in [0.1, 0.15) is 48.8 Å². The number of rotatable bonds is 10. The number of likely N-dealkylation sites (tertiary alicyclic amines) is 2. The number of aliphatic hydroxyl groups excluding tert-OH is 1. The molecule has 2 atom stereocenters. The molecule has 3 aromatic rings. The van der Waals surface area contributed by atoms with Gasteiger partial charge in [-0.2, -0.15) is 0 Å². The van der Waals surface area contributed by atoms with Gasteiger partial charge < -0.3 is 24.2 Å². The van der Waals surface area contributed by atoms with E-state index in [4.69, 9.17) is 14.2 Å². The molecule has 3 aliphatic rings. The maximum Gasteiger partial charge on any atom is 0.274 e. The Bertz CT molecular complexity index is 1920. The molecule has 1 unspecified atom stereocenters. The number of anilines is 1. The predicted molar refractivity (Wildman–Crippen MR) is 188 cm³/mol. The summed E-state index contributed by atoms with van der Waals surface area (Å²) >= 11 is 0. The molecule has 2 saturated heterocycles. The fourth-order valence-corrected chi connectivity index (χ4v) is 9.33. The van der Waals surface area contributed by atoms with Crippen LogP contribution in [0.15, 0.2) is 59.5 Å². The Labute approximate surface area is 298 Å².